The molecule has 2 N–H and O–H groups in total. The average Bonchev–Trinajstić information content (AvgIpc) is 2.80. The predicted octanol–water partition coefficient (Wildman–Crippen LogP) is 3.55. The van der Waals surface area contributed by atoms with Crippen LogP contribution in [0.2, 0.25) is 0 Å². The van der Waals surface area contributed by atoms with Gasteiger partial charge in [0.15, 0.2) is 0 Å². The predicted molar refractivity (Wildman–Crippen MR) is 119 cm³/mol. The molecule has 0 amide bonds. The standard InChI is InChI=1S/C24H23N3O3/c1-30-20-13-11-18(12-14-20)25-15-19(28)16-27-23(17-7-3-2-4-8-17)26-22-10-6-5-9-21(22)24(27)29/h2-14,19,25,28H,15-16H2,1H3. The van der Waals surface area contributed by atoms with Crippen molar-refractivity contribution in [3.63, 3.8) is 0 Å². The number of anilines is 1. The Balaban J connectivity index is 1.62. The van der Waals surface area contributed by atoms with E-state index in [2.05, 4.69) is 5.32 Å². The zero-order valence-electron chi connectivity index (χ0n) is 16.7. The van der Waals surface area contributed by atoms with E-state index in [-0.39, 0.29) is 12.1 Å². The average molecular weight is 401 g/mol. The molecule has 30 heavy (non-hydrogen) atoms. The Labute approximate surface area is 174 Å². The Hall–Kier alpha value is -3.64. The highest BCUT2D eigenvalue weighted by Crippen LogP contribution is 2.19. The molecule has 0 aliphatic heterocycles. The molecule has 152 valence electrons. The molecule has 0 fully saturated rings. The van der Waals surface area contributed by atoms with E-state index in [0.717, 1.165) is 17.0 Å². The third-order valence-electron chi connectivity index (χ3n) is 4.92. The lowest BCUT2D eigenvalue weighted by Gasteiger charge is -2.18. The SMILES string of the molecule is COc1ccc(NCC(O)Cn2c(-c3ccccc3)nc3ccccc3c2=O)cc1. The smallest absolute Gasteiger partial charge is 0.261 e. The lowest BCUT2D eigenvalue weighted by molar-refractivity contribution is 0.165. The van der Waals surface area contributed by atoms with Crippen LogP contribution >= 0.6 is 0 Å². The molecule has 0 aliphatic carbocycles. The van der Waals surface area contributed by atoms with Gasteiger partial charge in [-0.05, 0) is 36.4 Å². The number of aliphatic hydroxyl groups is 1. The van der Waals surface area contributed by atoms with Crippen LogP contribution in [0.3, 0.4) is 0 Å². The molecule has 0 radical (unpaired) electrons. The largest absolute Gasteiger partial charge is 0.497 e. The molecule has 6 nitrogen and oxygen atoms in total. The normalized spacial score (nSPS) is 11.9. The van der Waals surface area contributed by atoms with Crippen LogP contribution in [0.15, 0.2) is 83.7 Å². The zero-order valence-corrected chi connectivity index (χ0v) is 16.7. The van der Waals surface area contributed by atoms with Crippen molar-refractivity contribution in [1.82, 2.24) is 9.55 Å². The van der Waals surface area contributed by atoms with Gasteiger partial charge in [-0.15, -0.1) is 0 Å². The highest BCUT2D eigenvalue weighted by atomic mass is 16.5. The molecular formula is C24H23N3O3. The Bertz CT molecular complexity index is 1190. The Morgan fingerprint density at radius 3 is 2.43 bits per heavy atom. The molecule has 4 aromatic rings. The van der Waals surface area contributed by atoms with E-state index in [1.807, 2.05) is 72.8 Å². The van der Waals surface area contributed by atoms with Crippen molar-refractivity contribution in [2.75, 3.05) is 19.0 Å². The number of ether oxygens (including phenoxy) is 1. The van der Waals surface area contributed by atoms with Crippen molar-refractivity contribution in [2.24, 2.45) is 0 Å². The maximum atomic E-state index is 13.2. The van der Waals surface area contributed by atoms with Gasteiger partial charge >= 0.3 is 0 Å². The molecule has 6 heteroatoms. The second-order valence-corrected chi connectivity index (χ2v) is 7.00. The summed E-state index contributed by atoms with van der Waals surface area (Å²) < 4.78 is 6.71. The van der Waals surface area contributed by atoms with Crippen LogP contribution in [-0.4, -0.2) is 34.4 Å². The van der Waals surface area contributed by atoms with Gasteiger partial charge < -0.3 is 15.2 Å². The second kappa shape index (κ2) is 8.80. The Morgan fingerprint density at radius 1 is 1.00 bits per heavy atom. The number of rotatable bonds is 7. The van der Waals surface area contributed by atoms with Crippen LogP contribution in [0, 0.1) is 0 Å². The van der Waals surface area contributed by atoms with Gasteiger partial charge in [0.05, 0.1) is 30.7 Å². The molecule has 0 saturated carbocycles. The topological polar surface area (TPSA) is 76.4 Å². The van der Waals surface area contributed by atoms with E-state index in [4.69, 9.17) is 9.72 Å². The number of aliphatic hydroxyl groups excluding tert-OH is 1. The summed E-state index contributed by atoms with van der Waals surface area (Å²) in [6.45, 7) is 0.421. The first-order valence-electron chi connectivity index (χ1n) is 9.76. The third kappa shape index (κ3) is 4.18. The highest BCUT2D eigenvalue weighted by Gasteiger charge is 2.15. The lowest BCUT2D eigenvalue weighted by Crippen LogP contribution is -2.32. The quantitative estimate of drug-likeness (QED) is 0.495. The summed E-state index contributed by atoms with van der Waals surface area (Å²) in [5.74, 6) is 1.31. The number of fused-ring (bicyclic) bond motifs is 1. The summed E-state index contributed by atoms with van der Waals surface area (Å²) in [6, 6.07) is 24.3. The number of aromatic nitrogens is 2. The van der Waals surface area contributed by atoms with E-state index >= 15 is 0 Å². The number of methoxy groups -OCH3 is 1. The summed E-state index contributed by atoms with van der Waals surface area (Å²) in [5.41, 5.74) is 2.17. The van der Waals surface area contributed by atoms with Gasteiger partial charge in [-0.3, -0.25) is 9.36 Å². The van der Waals surface area contributed by atoms with E-state index in [0.29, 0.717) is 23.3 Å². The Morgan fingerprint density at radius 2 is 1.70 bits per heavy atom. The van der Waals surface area contributed by atoms with Crippen LogP contribution in [0.5, 0.6) is 5.75 Å². The summed E-state index contributed by atoms with van der Waals surface area (Å²) in [7, 11) is 1.62. The van der Waals surface area contributed by atoms with E-state index in [1.165, 1.54) is 0 Å². The molecule has 1 aromatic heterocycles. The van der Waals surface area contributed by atoms with Gasteiger partial charge in [0, 0.05) is 17.8 Å². The maximum absolute atomic E-state index is 13.2. The van der Waals surface area contributed by atoms with Crippen molar-refractivity contribution in [3.8, 4) is 17.1 Å². The fourth-order valence-corrected chi connectivity index (χ4v) is 3.36. The van der Waals surface area contributed by atoms with Crippen LogP contribution in [0.4, 0.5) is 5.69 Å². The van der Waals surface area contributed by atoms with Crippen LogP contribution in [0.25, 0.3) is 22.3 Å². The van der Waals surface area contributed by atoms with E-state index in [9.17, 15) is 9.90 Å². The first-order valence-corrected chi connectivity index (χ1v) is 9.76. The molecule has 0 spiro atoms. The molecule has 0 saturated heterocycles. The molecule has 0 bridgehead atoms. The highest BCUT2D eigenvalue weighted by molar-refractivity contribution is 5.79. The minimum absolute atomic E-state index is 0.129. The lowest BCUT2D eigenvalue weighted by atomic mass is 10.1. The van der Waals surface area contributed by atoms with Crippen molar-refractivity contribution < 1.29 is 9.84 Å². The van der Waals surface area contributed by atoms with Gasteiger partial charge in [0.1, 0.15) is 11.6 Å². The molecule has 1 unspecified atom stereocenters. The molecule has 0 aliphatic rings. The molecule has 3 aromatic carbocycles. The minimum Gasteiger partial charge on any atom is -0.497 e. The number of para-hydroxylation sites is 1. The fourth-order valence-electron chi connectivity index (χ4n) is 3.36. The summed E-state index contributed by atoms with van der Waals surface area (Å²) in [6.07, 6.45) is -0.782. The second-order valence-electron chi connectivity index (χ2n) is 7.00. The van der Waals surface area contributed by atoms with Crippen LogP contribution in [0.1, 0.15) is 0 Å². The number of hydrogen-bond donors (Lipinski definition) is 2. The van der Waals surface area contributed by atoms with Crippen molar-refractivity contribution in [3.05, 3.63) is 89.2 Å². The molecule has 1 atom stereocenters. The van der Waals surface area contributed by atoms with Gasteiger partial charge in [-0.2, -0.15) is 0 Å². The van der Waals surface area contributed by atoms with Crippen molar-refractivity contribution in [2.45, 2.75) is 12.6 Å². The van der Waals surface area contributed by atoms with Crippen molar-refractivity contribution in [1.29, 1.82) is 0 Å². The van der Waals surface area contributed by atoms with Crippen LogP contribution in [-0.2, 0) is 6.54 Å². The molecule has 4 rings (SSSR count). The van der Waals surface area contributed by atoms with Gasteiger partial charge in [-0.25, -0.2) is 4.98 Å². The maximum Gasteiger partial charge on any atom is 0.261 e. The van der Waals surface area contributed by atoms with Gasteiger partial charge in [0.2, 0.25) is 0 Å². The van der Waals surface area contributed by atoms with E-state index < -0.39 is 6.10 Å². The first kappa shape index (κ1) is 19.7. The van der Waals surface area contributed by atoms with Crippen LogP contribution < -0.4 is 15.6 Å². The Kier molecular flexibility index (Phi) is 5.77. The summed E-state index contributed by atoms with van der Waals surface area (Å²) in [5, 5.41) is 14.4. The number of hydrogen-bond acceptors (Lipinski definition) is 5. The van der Waals surface area contributed by atoms with Gasteiger partial charge in [0.25, 0.3) is 5.56 Å². The number of nitrogens with zero attached hydrogens (tertiary/aromatic N) is 2. The summed E-state index contributed by atoms with van der Waals surface area (Å²) >= 11 is 0. The summed E-state index contributed by atoms with van der Waals surface area (Å²) in [4.78, 5) is 17.9. The number of benzene rings is 3. The zero-order chi connectivity index (χ0) is 20.9. The third-order valence-corrected chi connectivity index (χ3v) is 4.92. The van der Waals surface area contributed by atoms with Gasteiger partial charge in [-0.1, -0.05) is 42.5 Å². The first-order chi connectivity index (χ1) is 14.7. The monoisotopic (exact) mass is 401 g/mol. The molecule has 1 heterocycles. The number of nitrogens with one attached hydrogen (secondary N) is 1. The fraction of sp³-hybridized carbons (Fsp3) is 0.167. The van der Waals surface area contributed by atoms with Crippen molar-refractivity contribution >= 4 is 16.6 Å². The van der Waals surface area contributed by atoms with E-state index in [1.54, 1.807) is 17.7 Å². The molecular weight excluding hydrogens is 378 g/mol. The minimum atomic E-state index is -0.782.